The molecule has 98 valence electrons. The van der Waals surface area contributed by atoms with Crippen LogP contribution in [0.5, 0.6) is 0 Å². The maximum absolute atomic E-state index is 10.8. The Balaban J connectivity index is 2.65. The van der Waals surface area contributed by atoms with E-state index in [4.69, 9.17) is 19.3 Å². The van der Waals surface area contributed by atoms with E-state index in [0.717, 1.165) is 0 Å². The summed E-state index contributed by atoms with van der Waals surface area (Å²) in [5.74, 6) is -1.13. The highest BCUT2D eigenvalue weighted by molar-refractivity contribution is 5.66. The number of carbonyl (C=O) groups excluding carboxylic acids is 2. The zero-order chi connectivity index (χ0) is 13.0. The van der Waals surface area contributed by atoms with E-state index < -0.39 is 43.1 Å². The lowest BCUT2D eigenvalue weighted by molar-refractivity contribution is -0.255. The van der Waals surface area contributed by atoms with Crippen LogP contribution in [0.3, 0.4) is 0 Å². The SMILES string of the molecule is CC(=O)OC1CC(O)C(OC(C)=O)C(CO)O1. The molecule has 0 spiro atoms. The summed E-state index contributed by atoms with van der Waals surface area (Å²) in [7, 11) is 0. The van der Waals surface area contributed by atoms with Crippen LogP contribution < -0.4 is 0 Å². The molecule has 1 heterocycles. The molecule has 4 atom stereocenters. The molecule has 1 fully saturated rings. The second kappa shape index (κ2) is 5.95. The highest BCUT2D eigenvalue weighted by atomic mass is 16.7. The molecule has 0 aliphatic carbocycles. The van der Waals surface area contributed by atoms with Crippen molar-refractivity contribution < 1.29 is 34.0 Å². The summed E-state index contributed by atoms with van der Waals surface area (Å²) in [6.45, 7) is 1.95. The molecule has 4 unspecified atom stereocenters. The third-order valence-corrected chi connectivity index (χ3v) is 2.29. The van der Waals surface area contributed by atoms with Gasteiger partial charge in [0.05, 0.1) is 12.7 Å². The molecule has 0 aromatic carbocycles. The summed E-state index contributed by atoms with van der Waals surface area (Å²) < 4.78 is 14.8. The van der Waals surface area contributed by atoms with Gasteiger partial charge in [0.1, 0.15) is 6.10 Å². The average molecular weight is 248 g/mol. The molecule has 7 nitrogen and oxygen atoms in total. The Morgan fingerprint density at radius 1 is 1.29 bits per heavy atom. The Morgan fingerprint density at radius 2 is 1.88 bits per heavy atom. The summed E-state index contributed by atoms with van der Waals surface area (Å²) in [6, 6.07) is 0. The van der Waals surface area contributed by atoms with Crippen molar-refractivity contribution in [3.05, 3.63) is 0 Å². The Bertz CT molecular complexity index is 290. The van der Waals surface area contributed by atoms with Gasteiger partial charge in [-0.05, 0) is 0 Å². The van der Waals surface area contributed by atoms with Crippen molar-refractivity contribution in [2.24, 2.45) is 0 Å². The zero-order valence-electron chi connectivity index (χ0n) is 9.66. The minimum atomic E-state index is -1.05. The quantitative estimate of drug-likeness (QED) is 0.614. The Hall–Kier alpha value is -1.18. The van der Waals surface area contributed by atoms with Gasteiger partial charge < -0.3 is 24.4 Å². The van der Waals surface area contributed by atoms with Gasteiger partial charge in [-0.15, -0.1) is 0 Å². The number of esters is 2. The van der Waals surface area contributed by atoms with Gasteiger partial charge in [0.15, 0.2) is 6.10 Å². The van der Waals surface area contributed by atoms with Gasteiger partial charge in [0.25, 0.3) is 0 Å². The molecule has 0 radical (unpaired) electrons. The van der Waals surface area contributed by atoms with E-state index in [2.05, 4.69) is 0 Å². The highest BCUT2D eigenvalue weighted by Gasteiger charge is 2.41. The molecule has 0 bridgehead atoms. The van der Waals surface area contributed by atoms with Crippen molar-refractivity contribution in [1.29, 1.82) is 0 Å². The van der Waals surface area contributed by atoms with Crippen LogP contribution in [0.25, 0.3) is 0 Å². The number of aliphatic hydroxyl groups excluding tert-OH is 2. The summed E-state index contributed by atoms with van der Waals surface area (Å²) in [6.07, 6.45) is -3.86. The standard InChI is InChI=1S/C10H16O7/c1-5(12)15-9-3-7(14)10(16-6(2)13)8(4-11)17-9/h7-11,14H,3-4H2,1-2H3. The first kappa shape index (κ1) is 13.9. The molecular formula is C10H16O7. The number of aliphatic hydroxyl groups is 2. The smallest absolute Gasteiger partial charge is 0.304 e. The Kier molecular flexibility index (Phi) is 4.86. The summed E-state index contributed by atoms with van der Waals surface area (Å²) in [4.78, 5) is 21.6. The molecule has 0 amide bonds. The van der Waals surface area contributed by atoms with Gasteiger partial charge in [-0.2, -0.15) is 0 Å². The monoisotopic (exact) mass is 248 g/mol. The number of rotatable bonds is 3. The van der Waals surface area contributed by atoms with Crippen LogP contribution in [0.4, 0.5) is 0 Å². The van der Waals surface area contributed by atoms with E-state index in [0.29, 0.717) is 0 Å². The third kappa shape index (κ3) is 3.95. The minimum absolute atomic E-state index is 0.00593. The summed E-state index contributed by atoms with van der Waals surface area (Å²) in [5.41, 5.74) is 0. The van der Waals surface area contributed by atoms with Crippen LogP contribution >= 0.6 is 0 Å². The fourth-order valence-electron chi connectivity index (χ4n) is 1.66. The Labute approximate surface area is 98.3 Å². The molecule has 17 heavy (non-hydrogen) atoms. The molecule has 1 aliphatic heterocycles. The van der Waals surface area contributed by atoms with E-state index in [-0.39, 0.29) is 6.42 Å². The van der Waals surface area contributed by atoms with Crippen LogP contribution in [0.2, 0.25) is 0 Å². The predicted octanol–water partition coefficient (Wildman–Crippen LogP) is -1.05. The minimum Gasteiger partial charge on any atom is -0.457 e. The molecule has 0 saturated carbocycles. The second-order valence-electron chi connectivity index (χ2n) is 3.77. The van der Waals surface area contributed by atoms with E-state index in [1.165, 1.54) is 13.8 Å². The van der Waals surface area contributed by atoms with Crippen LogP contribution in [0.15, 0.2) is 0 Å². The molecule has 2 N–H and O–H groups in total. The number of hydrogen-bond donors (Lipinski definition) is 2. The van der Waals surface area contributed by atoms with Gasteiger partial charge in [0, 0.05) is 20.3 Å². The van der Waals surface area contributed by atoms with E-state index >= 15 is 0 Å². The average Bonchev–Trinajstić information content (AvgIpc) is 2.20. The molecular weight excluding hydrogens is 232 g/mol. The summed E-state index contributed by atoms with van der Waals surface area (Å²) >= 11 is 0. The van der Waals surface area contributed by atoms with Gasteiger partial charge in [-0.1, -0.05) is 0 Å². The van der Waals surface area contributed by atoms with Crippen molar-refractivity contribution in [2.45, 2.75) is 44.9 Å². The van der Waals surface area contributed by atoms with Gasteiger partial charge >= 0.3 is 11.9 Å². The second-order valence-corrected chi connectivity index (χ2v) is 3.77. The van der Waals surface area contributed by atoms with Gasteiger partial charge in [-0.3, -0.25) is 9.59 Å². The first-order valence-electron chi connectivity index (χ1n) is 5.23. The van der Waals surface area contributed by atoms with Crippen molar-refractivity contribution in [2.75, 3.05) is 6.61 Å². The molecule has 1 saturated heterocycles. The maximum atomic E-state index is 10.8. The number of hydrogen-bond acceptors (Lipinski definition) is 7. The first-order valence-corrected chi connectivity index (χ1v) is 5.23. The van der Waals surface area contributed by atoms with Crippen molar-refractivity contribution >= 4 is 11.9 Å². The Morgan fingerprint density at radius 3 is 2.35 bits per heavy atom. The van der Waals surface area contributed by atoms with Crippen LogP contribution in [0, 0.1) is 0 Å². The molecule has 7 heteroatoms. The lowest BCUT2D eigenvalue weighted by Crippen LogP contribution is -2.52. The van der Waals surface area contributed by atoms with Crippen LogP contribution in [0.1, 0.15) is 20.3 Å². The number of carbonyl (C=O) groups is 2. The van der Waals surface area contributed by atoms with Gasteiger partial charge in [-0.25, -0.2) is 0 Å². The van der Waals surface area contributed by atoms with Crippen molar-refractivity contribution in [3.63, 3.8) is 0 Å². The summed E-state index contributed by atoms with van der Waals surface area (Å²) in [5, 5.41) is 18.8. The van der Waals surface area contributed by atoms with Crippen molar-refractivity contribution in [3.8, 4) is 0 Å². The van der Waals surface area contributed by atoms with Crippen molar-refractivity contribution in [1.82, 2.24) is 0 Å². The normalized spacial score (nSPS) is 32.9. The van der Waals surface area contributed by atoms with Gasteiger partial charge in [0.2, 0.25) is 6.29 Å². The fourth-order valence-corrected chi connectivity index (χ4v) is 1.66. The van der Waals surface area contributed by atoms with E-state index in [9.17, 15) is 14.7 Å². The molecule has 0 aromatic rings. The topological polar surface area (TPSA) is 102 Å². The predicted molar refractivity (Wildman–Crippen MR) is 53.7 cm³/mol. The largest absolute Gasteiger partial charge is 0.457 e. The molecule has 1 rings (SSSR count). The van der Waals surface area contributed by atoms with E-state index in [1.807, 2.05) is 0 Å². The number of ether oxygens (including phenoxy) is 3. The lowest BCUT2D eigenvalue weighted by Gasteiger charge is -2.37. The van der Waals surface area contributed by atoms with E-state index in [1.54, 1.807) is 0 Å². The molecule has 0 aromatic heterocycles. The van der Waals surface area contributed by atoms with Crippen LogP contribution in [-0.4, -0.2) is 53.4 Å². The first-order chi connectivity index (χ1) is 7.93. The zero-order valence-corrected chi connectivity index (χ0v) is 9.66. The maximum Gasteiger partial charge on any atom is 0.304 e. The van der Waals surface area contributed by atoms with Crippen LogP contribution in [-0.2, 0) is 23.8 Å². The fraction of sp³-hybridized carbons (Fsp3) is 0.800. The molecule has 1 aliphatic rings. The highest BCUT2D eigenvalue weighted by Crippen LogP contribution is 2.23. The lowest BCUT2D eigenvalue weighted by atomic mass is 10.0. The third-order valence-electron chi connectivity index (χ3n) is 2.29.